The highest BCUT2D eigenvalue weighted by Gasteiger charge is 2.36. The zero-order valence-electron chi connectivity index (χ0n) is 25.8. The lowest BCUT2D eigenvalue weighted by molar-refractivity contribution is -0.172. The minimum absolute atomic E-state index is 0.275. The van der Waals surface area contributed by atoms with Gasteiger partial charge in [-0.25, -0.2) is 9.59 Å². The molecule has 0 amide bonds. The minimum atomic E-state index is -1.39. The summed E-state index contributed by atoms with van der Waals surface area (Å²) < 4.78 is 27.9. The van der Waals surface area contributed by atoms with Gasteiger partial charge in [0.2, 0.25) is 20.4 Å². The van der Waals surface area contributed by atoms with Crippen molar-refractivity contribution in [2.45, 2.75) is 80.4 Å². The lowest BCUT2D eigenvalue weighted by atomic mass is 9.97. The normalized spacial score (nSPS) is 12.5. The number of carbonyl (C=O) groups is 7. The van der Waals surface area contributed by atoms with Crippen molar-refractivity contribution in [3.05, 3.63) is 0 Å². The van der Waals surface area contributed by atoms with Crippen LogP contribution in [0.5, 0.6) is 0 Å². The maximum atomic E-state index is 13.1. The SMILES string of the molecule is CC(C)C(=O)OCOC(=O)[C@H](CSC(=O)OCOC(=O)C(C)(C)C)CC(=O)C(C)(C)SC(=O)OCOC(=O)C(C)(C)C. The van der Waals surface area contributed by atoms with Gasteiger partial charge < -0.3 is 28.4 Å². The third kappa shape index (κ3) is 16.0. The van der Waals surface area contributed by atoms with Gasteiger partial charge in [0.1, 0.15) is 5.78 Å². The third-order valence-corrected chi connectivity index (χ3v) is 6.95. The minimum Gasteiger partial charge on any atom is -0.428 e. The second kappa shape index (κ2) is 17.3. The molecule has 0 unspecified atom stereocenters. The maximum Gasteiger partial charge on any atom is 0.371 e. The number of carbonyl (C=O) groups excluding carboxylic acids is 7. The summed E-state index contributed by atoms with van der Waals surface area (Å²) in [5.74, 6) is -5.22. The largest absolute Gasteiger partial charge is 0.428 e. The molecule has 0 aromatic heterocycles. The van der Waals surface area contributed by atoms with Crippen molar-refractivity contribution in [3.63, 3.8) is 0 Å². The Hall–Kier alpha value is -2.81. The van der Waals surface area contributed by atoms with E-state index in [0.29, 0.717) is 23.5 Å². The number of thioether (sulfide) groups is 2. The molecule has 0 aliphatic heterocycles. The quantitative estimate of drug-likeness (QED) is 0.143. The Morgan fingerprint density at radius 1 is 0.595 bits per heavy atom. The van der Waals surface area contributed by atoms with Gasteiger partial charge in [0.15, 0.2) is 0 Å². The molecule has 0 radical (unpaired) electrons. The average molecular weight is 639 g/mol. The van der Waals surface area contributed by atoms with Gasteiger partial charge in [-0.05, 0) is 78.9 Å². The van der Waals surface area contributed by atoms with E-state index in [1.165, 1.54) is 13.8 Å². The van der Waals surface area contributed by atoms with E-state index in [2.05, 4.69) is 0 Å². The fraction of sp³-hybridized carbons (Fsp3) is 0.741. The molecule has 1 atom stereocenters. The second-order valence-electron chi connectivity index (χ2n) is 11.8. The fourth-order valence-corrected chi connectivity index (χ4v) is 3.75. The van der Waals surface area contributed by atoms with Crippen LogP contribution in [0.15, 0.2) is 0 Å². The number of Topliss-reactive ketones (excluding diaryl/α,β-unsaturated/α-hetero) is 1. The van der Waals surface area contributed by atoms with E-state index in [9.17, 15) is 33.6 Å². The number of ketones is 1. The molecule has 15 heteroatoms. The van der Waals surface area contributed by atoms with Crippen LogP contribution in [-0.4, -0.2) is 71.1 Å². The smallest absolute Gasteiger partial charge is 0.371 e. The van der Waals surface area contributed by atoms with Crippen LogP contribution in [-0.2, 0) is 52.4 Å². The summed E-state index contributed by atoms with van der Waals surface area (Å²) in [6, 6.07) is 0. The molecule has 0 rings (SSSR count). The Kier molecular flexibility index (Phi) is 16.2. The van der Waals surface area contributed by atoms with E-state index < -0.39 is 94.5 Å². The summed E-state index contributed by atoms with van der Waals surface area (Å²) in [5.41, 5.74) is -1.60. The van der Waals surface area contributed by atoms with Crippen molar-refractivity contribution in [3.8, 4) is 0 Å². The summed E-state index contributed by atoms with van der Waals surface area (Å²) in [6.07, 6.45) is -0.456. The standard InChI is InChI=1S/C27H42O13S2/c1-16(2)19(29)35-13-36-20(30)17(12-41-23(33)39-14-37-21(31)25(3,4)5)11-18(28)27(9,10)42-24(34)40-15-38-22(32)26(6,7)8/h16-17H,11-15H2,1-10H3/t17-/m0/s1. The van der Waals surface area contributed by atoms with Gasteiger partial charge in [0, 0.05) is 12.2 Å². The van der Waals surface area contributed by atoms with E-state index in [-0.39, 0.29) is 5.75 Å². The number of hydrogen-bond acceptors (Lipinski definition) is 15. The van der Waals surface area contributed by atoms with Crippen LogP contribution < -0.4 is 0 Å². The Balaban J connectivity index is 5.23. The van der Waals surface area contributed by atoms with E-state index in [1.807, 2.05) is 0 Å². The van der Waals surface area contributed by atoms with E-state index >= 15 is 0 Å². The molecule has 0 aliphatic carbocycles. The first-order valence-electron chi connectivity index (χ1n) is 12.9. The van der Waals surface area contributed by atoms with Crippen LogP contribution in [0.4, 0.5) is 9.59 Å². The van der Waals surface area contributed by atoms with E-state index in [0.717, 1.165) is 0 Å². The highest BCUT2D eigenvalue weighted by Crippen LogP contribution is 2.31. The molecule has 0 heterocycles. The predicted octanol–water partition coefficient (Wildman–Crippen LogP) is 4.87. The van der Waals surface area contributed by atoms with Crippen molar-refractivity contribution in [2.24, 2.45) is 22.7 Å². The molecule has 0 N–H and O–H groups in total. The van der Waals surface area contributed by atoms with E-state index in [4.69, 9.17) is 28.4 Å². The van der Waals surface area contributed by atoms with E-state index in [1.54, 1.807) is 55.4 Å². The van der Waals surface area contributed by atoms with Crippen molar-refractivity contribution in [1.82, 2.24) is 0 Å². The molecule has 42 heavy (non-hydrogen) atoms. The molecule has 0 aromatic rings. The summed E-state index contributed by atoms with van der Waals surface area (Å²) >= 11 is 1.06. The first kappa shape index (κ1) is 39.2. The van der Waals surface area contributed by atoms with Crippen LogP contribution in [0.3, 0.4) is 0 Å². The predicted molar refractivity (Wildman–Crippen MR) is 153 cm³/mol. The lowest BCUT2D eigenvalue weighted by Crippen LogP contribution is -2.35. The summed E-state index contributed by atoms with van der Waals surface area (Å²) in [4.78, 5) is 85.5. The number of ether oxygens (including phenoxy) is 6. The van der Waals surface area contributed by atoms with Gasteiger partial charge in [-0.3, -0.25) is 24.0 Å². The molecular formula is C27H42O13S2. The highest BCUT2D eigenvalue weighted by molar-refractivity contribution is 8.15. The Bertz CT molecular complexity index is 991. The number of rotatable bonds is 14. The summed E-state index contributed by atoms with van der Waals surface area (Å²) in [5, 5.41) is -1.77. The lowest BCUT2D eigenvalue weighted by Gasteiger charge is -2.24. The third-order valence-electron chi connectivity index (χ3n) is 5.01. The molecule has 0 saturated carbocycles. The topological polar surface area (TPSA) is 175 Å². The van der Waals surface area contributed by atoms with Crippen molar-refractivity contribution < 1.29 is 62.0 Å². The van der Waals surface area contributed by atoms with Gasteiger partial charge in [-0.2, -0.15) is 0 Å². The molecule has 240 valence electrons. The number of esters is 4. The first-order chi connectivity index (χ1) is 19.1. The Labute approximate surface area is 254 Å². The molecular weight excluding hydrogens is 596 g/mol. The van der Waals surface area contributed by atoms with Crippen LogP contribution in [0.2, 0.25) is 0 Å². The maximum absolute atomic E-state index is 13.1. The molecule has 13 nitrogen and oxygen atoms in total. The zero-order valence-corrected chi connectivity index (χ0v) is 27.4. The fourth-order valence-electron chi connectivity index (χ4n) is 2.31. The monoisotopic (exact) mass is 638 g/mol. The van der Waals surface area contributed by atoms with Gasteiger partial charge >= 0.3 is 34.5 Å². The highest BCUT2D eigenvalue weighted by atomic mass is 32.2. The molecule has 0 aromatic carbocycles. The summed E-state index contributed by atoms with van der Waals surface area (Å²) in [6.45, 7) is 13.8. The molecule has 0 saturated heterocycles. The van der Waals surface area contributed by atoms with Crippen molar-refractivity contribution in [1.29, 1.82) is 0 Å². The van der Waals surface area contributed by atoms with Gasteiger partial charge in [0.05, 0.1) is 27.4 Å². The molecule has 0 aliphatic rings. The molecule has 0 bridgehead atoms. The van der Waals surface area contributed by atoms with Crippen LogP contribution in [0.25, 0.3) is 0 Å². The molecule has 0 spiro atoms. The van der Waals surface area contributed by atoms with Crippen LogP contribution >= 0.6 is 23.5 Å². The van der Waals surface area contributed by atoms with Gasteiger partial charge in [-0.15, -0.1) is 0 Å². The Morgan fingerprint density at radius 2 is 1.02 bits per heavy atom. The second-order valence-corrected chi connectivity index (χ2v) is 14.3. The van der Waals surface area contributed by atoms with Crippen molar-refractivity contribution in [2.75, 3.05) is 26.1 Å². The average Bonchev–Trinajstić information content (AvgIpc) is 2.84. The van der Waals surface area contributed by atoms with Crippen LogP contribution in [0, 0.1) is 22.7 Å². The van der Waals surface area contributed by atoms with Crippen molar-refractivity contribution >= 4 is 63.8 Å². The van der Waals surface area contributed by atoms with Gasteiger partial charge in [0.25, 0.3) is 0 Å². The zero-order chi connectivity index (χ0) is 32.9. The molecule has 0 fully saturated rings. The summed E-state index contributed by atoms with van der Waals surface area (Å²) in [7, 11) is 0. The Morgan fingerprint density at radius 3 is 1.48 bits per heavy atom. The van der Waals surface area contributed by atoms with Crippen LogP contribution in [0.1, 0.15) is 75.7 Å². The first-order valence-corrected chi connectivity index (χ1v) is 14.7. The number of hydrogen-bond donors (Lipinski definition) is 0. The van der Waals surface area contributed by atoms with Gasteiger partial charge in [-0.1, -0.05) is 13.8 Å².